The second-order valence-corrected chi connectivity index (χ2v) is 9.20. The molecule has 2 aromatic carbocycles. The van der Waals surface area contributed by atoms with Crippen molar-refractivity contribution in [3.05, 3.63) is 89.4 Å². The zero-order chi connectivity index (χ0) is 23.9. The summed E-state index contributed by atoms with van der Waals surface area (Å²) >= 11 is 5.84. The van der Waals surface area contributed by atoms with E-state index in [1.165, 1.54) is 11.1 Å². The van der Waals surface area contributed by atoms with E-state index >= 15 is 0 Å². The van der Waals surface area contributed by atoms with Gasteiger partial charge in [0.25, 0.3) is 0 Å². The second-order valence-electron chi connectivity index (χ2n) is 8.81. The molecule has 2 heterocycles. The van der Waals surface area contributed by atoms with Gasteiger partial charge in [-0.05, 0) is 30.3 Å². The maximum absolute atomic E-state index is 6.00. The molecule has 34 heavy (non-hydrogen) atoms. The van der Waals surface area contributed by atoms with E-state index in [1.807, 2.05) is 25.1 Å². The molecule has 1 saturated heterocycles. The predicted octanol–water partition coefficient (Wildman–Crippen LogP) is 4.65. The van der Waals surface area contributed by atoms with Crippen molar-refractivity contribution < 1.29 is 9.47 Å². The fourth-order valence-electron chi connectivity index (χ4n) is 3.94. The van der Waals surface area contributed by atoms with Crippen molar-refractivity contribution in [1.29, 1.82) is 0 Å². The van der Waals surface area contributed by atoms with Crippen molar-refractivity contribution in [2.24, 2.45) is 0 Å². The number of benzene rings is 2. The lowest BCUT2D eigenvalue weighted by Crippen LogP contribution is -2.51. The quantitative estimate of drug-likeness (QED) is 0.498. The molecule has 1 aromatic heterocycles. The lowest BCUT2D eigenvalue weighted by Gasteiger charge is -2.36. The molecule has 0 saturated carbocycles. The molecule has 6 nitrogen and oxygen atoms in total. The number of nitrogens with one attached hydrogen (secondary N) is 1. The Morgan fingerprint density at radius 3 is 2.35 bits per heavy atom. The number of nitrogens with zero attached hydrogens (tertiary/aromatic N) is 3. The smallest absolute Gasteiger partial charge is 0.216 e. The van der Waals surface area contributed by atoms with Crippen LogP contribution in [0.25, 0.3) is 0 Å². The third-order valence-corrected chi connectivity index (χ3v) is 6.12. The number of aromatic nitrogens is 2. The van der Waals surface area contributed by atoms with Gasteiger partial charge >= 0.3 is 0 Å². The molecule has 4 rings (SSSR count). The van der Waals surface area contributed by atoms with E-state index in [0.717, 1.165) is 18.1 Å². The fraction of sp³-hybridized carbons (Fsp3) is 0.370. The van der Waals surface area contributed by atoms with E-state index in [9.17, 15) is 0 Å². The summed E-state index contributed by atoms with van der Waals surface area (Å²) in [7, 11) is 0. The molecule has 1 aliphatic rings. The van der Waals surface area contributed by atoms with Gasteiger partial charge in [-0.15, -0.1) is 0 Å². The van der Waals surface area contributed by atoms with Crippen LogP contribution in [0.3, 0.4) is 0 Å². The number of hydrogen-bond donors (Lipinski definition) is 1. The van der Waals surface area contributed by atoms with Gasteiger partial charge in [0.05, 0.1) is 12.6 Å². The molecule has 7 heteroatoms. The van der Waals surface area contributed by atoms with Crippen molar-refractivity contribution in [2.75, 3.05) is 26.3 Å². The van der Waals surface area contributed by atoms with Crippen LogP contribution in [-0.2, 0) is 4.74 Å². The zero-order valence-electron chi connectivity index (χ0n) is 20.0. The Morgan fingerprint density at radius 2 is 1.74 bits per heavy atom. The molecule has 178 valence electrons. The molecule has 3 aromatic rings. The highest BCUT2D eigenvalue weighted by Crippen LogP contribution is 2.23. The maximum Gasteiger partial charge on any atom is 0.216 e. The largest absolute Gasteiger partial charge is 0.475 e. The minimum atomic E-state index is -0.0989. The number of thiocarbonyl (C=S) groups is 1. The first-order valence-electron chi connectivity index (χ1n) is 11.7. The van der Waals surface area contributed by atoms with E-state index in [0.29, 0.717) is 30.8 Å². The minimum absolute atomic E-state index is 0.0223. The zero-order valence-corrected chi connectivity index (χ0v) is 20.8. The van der Waals surface area contributed by atoms with Gasteiger partial charge in [0.1, 0.15) is 18.5 Å². The van der Waals surface area contributed by atoms with Crippen molar-refractivity contribution in [3.63, 3.8) is 0 Å². The minimum Gasteiger partial charge on any atom is -0.475 e. The van der Waals surface area contributed by atoms with Crippen LogP contribution in [0.4, 0.5) is 0 Å². The third-order valence-electron chi connectivity index (χ3n) is 5.74. The van der Waals surface area contributed by atoms with Gasteiger partial charge in [0.2, 0.25) is 5.88 Å². The lowest BCUT2D eigenvalue weighted by atomic mass is 9.99. The Bertz CT molecular complexity index is 1040. The number of aryl methyl sites for hydroxylation is 1. The fourth-order valence-corrected chi connectivity index (χ4v) is 4.23. The first-order valence-corrected chi connectivity index (χ1v) is 12.2. The van der Waals surface area contributed by atoms with Gasteiger partial charge in [-0.3, -0.25) is 0 Å². The number of hydrogen-bond acceptors (Lipinski definition) is 5. The number of ether oxygens (including phenoxy) is 2. The monoisotopic (exact) mass is 476 g/mol. The molecule has 0 radical (unpaired) electrons. The van der Waals surface area contributed by atoms with Crippen LogP contribution >= 0.6 is 12.2 Å². The van der Waals surface area contributed by atoms with Crippen LogP contribution < -0.4 is 10.1 Å². The third kappa shape index (κ3) is 6.30. The molecule has 1 N–H and O–H groups in total. The Labute approximate surface area is 207 Å². The van der Waals surface area contributed by atoms with Crippen LogP contribution in [0.1, 0.15) is 48.5 Å². The summed E-state index contributed by atoms with van der Waals surface area (Å²) in [6, 6.07) is 22.6. The Morgan fingerprint density at radius 1 is 1.09 bits per heavy atom. The summed E-state index contributed by atoms with van der Waals surface area (Å²) < 4.78 is 12.0. The average molecular weight is 477 g/mol. The van der Waals surface area contributed by atoms with Crippen molar-refractivity contribution >= 4 is 17.3 Å². The molecule has 0 spiro atoms. The molecule has 0 amide bonds. The van der Waals surface area contributed by atoms with Crippen LogP contribution in [-0.4, -0.2) is 52.4 Å². The van der Waals surface area contributed by atoms with E-state index in [1.54, 1.807) is 0 Å². The molecule has 0 bridgehead atoms. The molecule has 1 unspecified atom stereocenters. The molecule has 1 atom stereocenters. The van der Waals surface area contributed by atoms with E-state index < -0.39 is 0 Å². The van der Waals surface area contributed by atoms with Gasteiger partial charge in [-0.25, -0.2) is 4.98 Å². The van der Waals surface area contributed by atoms with Gasteiger partial charge in [0, 0.05) is 30.8 Å². The first-order chi connectivity index (χ1) is 16.5. The van der Waals surface area contributed by atoms with Crippen LogP contribution in [0.15, 0.2) is 66.7 Å². The van der Waals surface area contributed by atoms with Crippen LogP contribution in [0.2, 0.25) is 0 Å². The first kappa shape index (κ1) is 24.1. The summed E-state index contributed by atoms with van der Waals surface area (Å²) in [4.78, 5) is 11.2. The van der Waals surface area contributed by atoms with E-state index in [4.69, 9.17) is 21.7 Å². The van der Waals surface area contributed by atoms with Crippen molar-refractivity contribution in [2.45, 2.75) is 38.8 Å². The maximum atomic E-state index is 6.00. The summed E-state index contributed by atoms with van der Waals surface area (Å²) in [6.07, 6.45) is -0.0989. The summed E-state index contributed by atoms with van der Waals surface area (Å²) in [5.74, 6) is 1.62. The summed E-state index contributed by atoms with van der Waals surface area (Å²) in [6.45, 7) is 8.51. The molecular weight excluding hydrogens is 444 g/mol. The van der Waals surface area contributed by atoms with Gasteiger partial charge in [-0.1, -0.05) is 74.5 Å². The van der Waals surface area contributed by atoms with Gasteiger partial charge in [-0.2, -0.15) is 4.98 Å². The Balaban J connectivity index is 1.40. The highest BCUT2D eigenvalue weighted by molar-refractivity contribution is 7.80. The van der Waals surface area contributed by atoms with Crippen molar-refractivity contribution in [1.82, 2.24) is 20.2 Å². The molecule has 0 aliphatic carbocycles. The van der Waals surface area contributed by atoms with Crippen LogP contribution in [0.5, 0.6) is 5.88 Å². The van der Waals surface area contributed by atoms with Crippen LogP contribution in [0, 0.1) is 6.92 Å². The summed E-state index contributed by atoms with van der Waals surface area (Å²) in [5.41, 5.74) is 3.24. The average Bonchev–Trinajstić information content (AvgIpc) is 2.87. The van der Waals surface area contributed by atoms with Crippen molar-refractivity contribution in [3.8, 4) is 5.88 Å². The van der Waals surface area contributed by atoms with Gasteiger partial charge < -0.3 is 19.7 Å². The molecule has 1 fully saturated rings. The predicted molar refractivity (Wildman–Crippen MR) is 138 cm³/mol. The Kier molecular flexibility index (Phi) is 8.08. The molecular formula is C27H32N4O2S. The normalized spacial score (nSPS) is 16.0. The highest BCUT2D eigenvalue weighted by atomic mass is 32.1. The Hall–Kier alpha value is -3.03. The lowest BCUT2D eigenvalue weighted by molar-refractivity contribution is -0.0297. The van der Waals surface area contributed by atoms with E-state index in [2.05, 4.69) is 82.6 Å². The van der Waals surface area contributed by atoms with Gasteiger partial charge in [0.15, 0.2) is 5.11 Å². The summed E-state index contributed by atoms with van der Waals surface area (Å²) in [5, 5.41) is 4.30. The SMILES string of the molecule is Cc1cc(OCC2CN(C(=S)NC(c3ccccc3)c3ccccc3)CCO2)nc(C(C)C)n1. The second kappa shape index (κ2) is 11.4. The van der Waals surface area contributed by atoms with E-state index in [-0.39, 0.29) is 18.1 Å². The molecule has 1 aliphatic heterocycles. The number of rotatable bonds is 7. The topological polar surface area (TPSA) is 59.5 Å². The standard InChI is InChI=1S/C27H32N4O2S/c1-19(2)26-28-20(3)16-24(29-26)33-18-23-17-31(14-15-32-23)27(34)30-25(21-10-6-4-7-11-21)22-12-8-5-9-13-22/h4-13,16,19,23,25H,14-15,17-18H2,1-3H3,(H,30,34). The number of morpholine rings is 1. The highest BCUT2D eigenvalue weighted by Gasteiger charge is 2.25.